The lowest BCUT2D eigenvalue weighted by Gasteiger charge is -2.19. The molecule has 0 rings (SSSR count). The normalized spacial score (nSPS) is 13.5. The smallest absolute Gasteiger partial charge is 0.271 e. The van der Waals surface area contributed by atoms with Gasteiger partial charge < -0.3 is 14.2 Å². The van der Waals surface area contributed by atoms with Crippen molar-refractivity contribution in [3.05, 3.63) is 24.3 Å². The molecule has 0 aliphatic rings. The number of allylic oxidation sites excluding steroid dienone is 2. The summed E-state index contributed by atoms with van der Waals surface area (Å²) in [5.74, 6) is 0.562. The Morgan fingerprint density at radius 1 is 0.958 bits per heavy atom. The van der Waals surface area contributed by atoms with Crippen LogP contribution in [0.3, 0.4) is 0 Å². The molecule has 1 unspecified atom stereocenters. The van der Waals surface area contributed by atoms with Gasteiger partial charge >= 0.3 is 0 Å². The summed E-state index contributed by atoms with van der Waals surface area (Å²) in [6.07, 6.45) is 13.3. The van der Waals surface area contributed by atoms with Crippen LogP contribution in [0.2, 0.25) is 0 Å². The SMILES string of the molecule is C=CC(C)CCC=C(C)COC(OCCCCC)OCCCCC. The summed E-state index contributed by atoms with van der Waals surface area (Å²) in [5, 5.41) is 0. The van der Waals surface area contributed by atoms with Crippen molar-refractivity contribution >= 4 is 0 Å². The first-order valence-corrected chi connectivity index (χ1v) is 9.77. The molecule has 142 valence electrons. The summed E-state index contributed by atoms with van der Waals surface area (Å²) >= 11 is 0. The van der Waals surface area contributed by atoms with Crippen LogP contribution in [0.15, 0.2) is 24.3 Å². The third-order valence-corrected chi connectivity index (χ3v) is 3.97. The van der Waals surface area contributed by atoms with Crippen molar-refractivity contribution in [2.75, 3.05) is 19.8 Å². The summed E-state index contributed by atoms with van der Waals surface area (Å²) in [6, 6.07) is 0. The lowest BCUT2D eigenvalue weighted by atomic mass is 10.1. The van der Waals surface area contributed by atoms with E-state index in [1.807, 2.05) is 6.08 Å². The fourth-order valence-electron chi connectivity index (χ4n) is 2.18. The molecule has 0 spiro atoms. The molecular formula is C21H40O3. The van der Waals surface area contributed by atoms with E-state index in [1.165, 1.54) is 31.3 Å². The molecule has 0 N–H and O–H groups in total. The molecule has 0 amide bonds. The van der Waals surface area contributed by atoms with Gasteiger partial charge in [-0.15, -0.1) is 6.58 Å². The van der Waals surface area contributed by atoms with Crippen LogP contribution in [-0.2, 0) is 14.2 Å². The Bertz CT molecular complexity index is 300. The molecule has 0 radical (unpaired) electrons. The standard InChI is InChI=1S/C21H40O3/c1-6-9-11-16-22-21(23-17-12-10-7-2)24-18-20(5)15-13-14-19(4)8-3/h8,15,19,21H,3,6-7,9-14,16-18H2,1-2,4-5H3. The van der Waals surface area contributed by atoms with Gasteiger partial charge in [-0.1, -0.05) is 64.2 Å². The minimum Gasteiger partial charge on any atom is -0.330 e. The molecule has 0 saturated heterocycles. The molecule has 0 saturated carbocycles. The van der Waals surface area contributed by atoms with Gasteiger partial charge in [-0.3, -0.25) is 0 Å². The molecule has 0 aliphatic carbocycles. The third-order valence-electron chi connectivity index (χ3n) is 3.97. The average molecular weight is 341 g/mol. The maximum absolute atomic E-state index is 5.82. The Kier molecular flexibility index (Phi) is 16.7. The Morgan fingerprint density at radius 2 is 1.54 bits per heavy atom. The molecule has 0 aromatic carbocycles. The molecule has 0 aromatic rings. The number of ether oxygens (including phenoxy) is 3. The molecule has 3 heteroatoms. The molecule has 3 nitrogen and oxygen atoms in total. The van der Waals surface area contributed by atoms with Crippen molar-refractivity contribution in [2.45, 2.75) is 85.5 Å². The van der Waals surface area contributed by atoms with Crippen molar-refractivity contribution < 1.29 is 14.2 Å². The van der Waals surface area contributed by atoms with Crippen LogP contribution >= 0.6 is 0 Å². The van der Waals surface area contributed by atoms with Gasteiger partial charge in [-0.05, 0) is 38.5 Å². The monoisotopic (exact) mass is 340 g/mol. The van der Waals surface area contributed by atoms with Crippen LogP contribution < -0.4 is 0 Å². The molecule has 24 heavy (non-hydrogen) atoms. The second kappa shape index (κ2) is 17.2. The zero-order chi connectivity index (χ0) is 18.0. The topological polar surface area (TPSA) is 27.7 Å². The van der Waals surface area contributed by atoms with Crippen molar-refractivity contribution in [3.63, 3.8) is 0 Å². The van der Waals surface area contributed by atoms with E-state index >= 15 is 0 Å². The van der Waals surface area contributed by atoms with E-state index in [9.17, 15) is 0 Å². The first kappa shape index (κ1) is 23.4. The van der Waals surface area contributed by atoms with Gasteiger partial charge in [0.1, 0.15) is 0 Å². The van der Waals surface area contributed by atoms with E-state index in [4.69, 9.17) is 14.2 Å². The van der Waals surface area contributed by atoms with Gasteiger partial charge in [0.2, 0.25) is 0 Å². The van der Waals surface area contributed by atoms with Crippen molar-refractivity contribution in [1.29, 1.82) is 0 Å². The summed E-state index contributed by atoms with van der Waals surface area (Å²) in [4.78, 5) is 0. The third kappa shape index (κ3) is 14.9. The van der Waals surface area contributed by atoms with Gasteiger partial charge in [0.15, 0.2) is 0 Å². The van der Waals surface area contributed by atoms with Crippen LogP contribution in [0.5, 0.6) is 0 Å². The van der Waals surface area contributed by atoms with Crippen LogP contribution in [0.4, 0.5) is 0 Å². The van der Waals surface area contributed by atoms with Crippen LogP contribution in [0.25, 0.3) is 0 Å². The Balaban J connectivity index is 4.10. The lowest BCUT2D eigenvalue weighted by Crippen LogP contribution is -2.23. The van der Waals surface area contributed by atoms with E-state index in [2.05, 4.69) is 40.3 Å². The predicted octanol–water partition coefficient (Wildman–Crippen LogP) is 6.25. The summed E-state index contributed by atoms with van der Waals surface area (Å²) in [5.41, 5.74) is 1.23. The van der Waals surface area contributed by atoms with E-state index in [0.717, 1.165) is 25.7 Å². The molecular weight excluding hydrogens is 300 g/mol. The highest BCUT2D eigenvalue weighted by Crippen LogP contribution is 2.10. The van der Waals surface area contributed by atoms with Gasteiger partial charge in [0.05, 0.1) is 19.8 Å². The average Bonchev–Trinajstić information content (AvgIpc) is 2.59. The largest absolute Gasteiger partial charge is 0.330 e. The number of hydrogen-bond donors (Lipinski definition) is 0. The first-order chi connectivity index (χ1) is 11.6. The van der Waals surface area contributed by atoms with E-state index in [-0.39, 0.29) is 0 Å². The first-order valence-electron chi connectivity index (χ1n) is 9.77. The fraction of sp³-hybridized carbons (Fsp3) is 0.810. The molecule has 0 heterocycles. The molecule has 0 bridgehead atoms. The highest BCUT2D eigenvalue weighted by Gasteiger charge is 2.10. The zero-order valence-corrected chi connectivity index (χ0v) is 16.5. The molecule has 0 fully saturated rings. The van der Waals surface area contributed by atoms with Gasteiger partial charge in [-0.25, -0.2) is 0 Å². The quantitative estimate of drug-likeness (QED) is 0.178. The predicted molar refractivity (Wildman–Crippen MR) is 103 cm³/mol. The van der Waals surface area contributed by atoms with Gasteiger partial charge in [-0.2, -0.15) is 0 Å². The summed E-state index contributed by atoms with van der Waals surface area (Å²) in [7, 11) is 0. The van der Waals surface area contributed by atoms with E-state index in [1.54, 1.807) is 0 Å². The van der Waals surface area contributed by atoms with Crippen molar-refractivity contribution in [1.82, 2.24) is 0 Å². The second-order valence-corrected chi connectivity index (χ2v) is 6.60. The van der Waals surface area contributed by atoms with Gasteiger partial charge in [0.25, 0.3) is 6.48 Å². The minimum absolute atomic E-state index is 0.533. The minimum atomic E-state index is -0.533. The summed E-state index contributed by atoms with van der Waals surface area (Å²) in [6.45, 7) is 13.9. The van der Waals surface area contributed by atoms with Gasteiger partial charge in [0, 0.05) is 0 Å². The maximum Gasteiger partial charge on any atom is 0.271 e. The number of rotatable bonds is 17. The fourth-order valence-corrected chi connectivity index (χ4v) is 2.18. The van der Waals surface area contributed by atoms with E-state index in [0.29, 0.717) is 25.7 Å². The number of hydrogen-bond acceptors (Lipinski definition) is 3. The molecule has 0 aliphatic heterocycles. The molecule has 1 atom stereocenters. The van der Waals surface area contributed by atoms with E-state index < -0.39 is 6.48 Å². The maximum atomic E-state index is 5.82. The summed E-state index contributed by atoms with van der Waals surface area (Å²) < 4.78 is 17.3. The van der Waals surface area contributed by atoms with Crippen molar-refractivity contribution in [2.24, 2.45) is 5.92 Å². The number of unbranched alkanes of at least 4 members (excludes halogenated alkanes) is 4. The van der Waals surface area contributed by atoms with Crippen LogP contribution in [0, 0.1) is 5.92 Å². The van der Waals surface area contributed by atoms with Crippen LogP contribution in [0.1, 0.15) is 79.1 Å². The highest BCUT2D eigenvalue weighted by atomic mass is 16.8. The Hall–Kier alpha value is -0.640. The Morgan fingerprint density at radius 3 is 2.04 bits per heavy atom. The molecule has 0 aromatic heterocycles. The lowest BCUT2D eigenvalue weighted by molar-refractivity contribution is -0.285. The van der Waals surface area contributed by atoms with Crippen LogP contribution in [-0.4, -0.2) is 26.3 Å². The van der Waals surface area contributed by atoms with Crippen molar-refractivity contribution in [3.8, 4) is 0 Å². The highest BCUT2D eigenvalue weighted by molar-refractivity contribution is 4.98. The Labute approximate surface area is 150 Å². The zero-order valence-electron chi connectivity index (χ0n) is 16.5. The second-order valence-electron chi connectivity index (χ2n) is 6.60.